The number of carbonyl (C=O) groups excluding carboxylic acids is 1. The van der Waals surface area contributed by atoms with Crippen LogP contribution in [0.4, 0.5) is 0 Å². The molecule has 0 spiro atoms. The fraction of sp³-hybridized carbons (Fsp3) is 0.714. The normalized spacial score (nSPS) is 16.6. The number of amides is 1. The zero-order chi connectivity index (χ0) is 20.2. The molecular weight excluding hydrogens is 356 g/mol. The van der Waals surface area contributed by atoms with Crippen LogP contribution >= 0.6 is 0 Å². The van der Waals surface area contributed by atoms with E-state index in [1.54, 1.807) is 6.07 Å². The number of furan rings is 1. The van der Waals surface area contributed by atoms with E-state index in [1.807, 2.05) is 13.8 Å². The molecule has 1 aliphatic carbocycles. The molecule has 0 aromatic carbocycles. The maximum absolute atomic E-state index is 12.0. The highest BCUT2D eigenvalue weighted by atomic mass is 16.3. The van der Waals surface area contributed by atoms with Crippen molar-refractivity contribution in [3.8, 4) is 0 Å². The smallest absolute Gasteiger partial charge is 0.287 e. The maximum Gasteiger partial charge on any atom is 0.287 e. The summed E-state index contributed by atoms with van der Waals surface area (Å²) >= 11 is 0. The molecule has 0 unspecified atom stereocenters. The third-order valence-electron chi connectivity index (χ3n) is 5.47. The van der Waals surface area contributed by atoms with Crippen LogP contribution in [0.25, 0.3) is 0 Å². The fourth-order valence-corrected chi connectivity index (χ4v) is 3.80. The summed E-state index contributed by atoms with van der Waals surface area (Å²) in [6, 6.07) is 1.78. The van der Waals surface area contributed by atoms with Gasteiger partial charge in [-0.15, -0.1) is 0 Å². The molecule has 0 aliphatic heterocycles. The van der Waals surface area contributed by atoms with Crippen LogP contribution in [-0.2, 0) is 0 Å². The lowest BCUT2D eigenvalue weighted by Gasteiger charge is -2.35. The lowest BCUT2D eigenvalue weighted by atomic mass is 9.72. The lowest BCUT2D eigenvalue weighted by Crippen LogP contribution is -2.40. The largest absolute Gasteiger partial charge is 0.459 e. The van der Waals surface area contributed by atoms with Crippen LogP contribution in [0, 0.1) is 12.3 Å². The molecule has 2 rings (SSSR count). The molecule has 0 bridgehead atoms. The number of aliphatic hydroxyl groups excluding tert-OH is 1. The molecule has 0 saturated heterocycles. The number of nitrogens with one attached hydrogen (secondary N) is 3. The first kappa shape index (κ1) is 22.3. The molecule has 1 amide bonds. The molecule has 1 heterocycles. The Kier molecular flexibility index (Phi) is 9.34. The average molecular weight is 393 g/mol. The SMILES string of the molecule is CCNC(=NCC1(CCO)CCCCC1)NCCCNC(=O)c1occc1C. The van der Waals surface area contributed by atoms with Crippen LogP contribution in [0.5, 0.6) is 0 Å². The highest BCUT2D eigenvalue weighted by Gasteiger charge is 2.31. The topological polar surface area (TPSA) is 98.9 Å². The van der Waals surface area contributed by atoms with Crippen molar-refractivity contribution in [2.45, 2.75) is 58.8 Å². The van der Waals surface area contributed by atoms with Crippen molar-refractivity contribution in [2.24, 2.45) is 10.4 Å². The minimum absolute atomic E-state index is 0.143. The first-order valence-corrected chi connectivity index (χ1v) is 10.6. The Hall–Kier alpha value is -2.02. The van der Waals surface area contributed by atoms with E-state index in [0.717, 1.165) is 56.8 Å². The Bertz CT molecular complexity index is 615. The number of aryl methyl sites for hydroxylation is 1. The predicted molar refractivity (Wildman–Crippen MR) is 112 cm³/mol. The zero-order valence-corrected chi connectivity index (χ0v) is 17.4. The van der Waals surface area contributed by atoms with Crippen LogP contribution < -0.4 is 16.0 Å². The fourth-order valence-electron chi connectivity index (χ4n) is 3.80. The van der Waals surface area contributed by atoms with E-state index in [-0.39, 0.29) is 17.9 Å². The maximum atomic E-state index is 12.0. The molecule has 7 heteroatoms. The van der Waals surface area contributed by atoms with Crippen molar-refractivity contribution < 1.29 is 14.3 Å². The lowest BCUT2D eigenvalue weighted by molar-refractivity contribution is 0.0925. The standard InChI is InChI=1S/C21H36N4O3/c1-3-22-20(25-16-21(11-14-26)9-5-4-6-10-21)24-13-7-12-23-19(27)18-17(2)8-15-28-18/h8,15,26H,3-7,9-14,16H2,1-2H3,(H,23,27)(H2,22,24,25). The Morgan fingerprint density at radius 3 is 2.61 bits per heavy atom. The molecular formula is C21H36N4O3. The first-order valence-electron chi connectivity index (χ1n) is 10.6. The van der Waals surface area contributed by atoms with E-state index in [2.05, 4.69) is 16.0 Å². The average Bonchev–Trinajstić information content (AvgIpc) is 3.12. The van der Waals surface area contributed by atoms with Gasteiger partial charge in [-0.2, -0.15) is 0 Å². The number of carbonyl (C=O) groups is 1. The second-order valence-corrected chi connectivity index (χ2v) is 7.70. The number of hydrogen-bond donors (Lipinski definition) is 4. The molecule has 4 N–H and O–H groups in total. The molecule has 1 aliphatic rings. The summed E-state index contributed by atoms with van der Waals surface area (Å²) in [5.41, 5.74) is 0.987. The van der Waals surface area contributed by atoms with Gasteiger partial charge in [0.05, 0.1) is 6.26 Å². The molecule has 158 valence electrons. The van der Waals surface area contributed by atoms with E-state index in [4.69, 9.17) is 9.41 Å². The molecule has 1 aromatic heterocycles. The highest BCUT2D eigenvalue weighted by Crippen LogP contribution is 2.39. The Morgan fingerprint density at radius 2 is 1.96 bits per heavy atom. The van der Waals surface area contributed by atoms with Crippen molar-refractivity contribution in [3.63, 3.8) is 0 Å². The predicted octanol–water partition coefficient (Wildman–Crippen LogP) is 2.60. The molecule has 28 heavy (non-hydrogen) atoms. The van der Waals surface area contributed by atoms with Crippen molar-refractivity contribution in [1.82, 2.24) is 16.0 Å². The Balaban J connectivity index is 1.76. The summed E-state index contributed by atoms with van der Waals surface area (Å²) in [6.07, 6.45) is 9.19. The van der Waals surface area contributed by atoms with Crippen LogP contribution in [0.2, 0.25) is 0 Å². The summed E-state index contributed by atoms with van der Waals surface area (Å²) in [5.74, 6) is 1.01. The molecule has 1 saturated carbocycles. The van der Waals surface area contributed by atoms with Gasteiger partial charge >= 0.3 is 0 Å². The van der Waals surface area contributed by atoms with E-state index in [1.165, 1.54) is 25.5 Å². The summed E-state index contributed by atoms with van der Waals surface area (Å²) in [5, 5.41) is 19.0. The van der Waals surface area contributed by atoms with Gasteiger partial charge < -0.3 is 25.5 Å². The quantitative estimate of drug-likeness (QED) is 0.279. The zero-order valence-electron chi connectivity index (χ0n) is 17.4. The van der Waals surface area contributed by atoms with Crippen molar-refractivity contribution in [3.05, 3.63) is 23.7 Å². The van der Waals surface area contributed by atoms with Crippen LogP contribution in [0.1, 0.15) is 68.0 Å². The van der Waals surface area contributed by atoms with Crippen molar-refractivity contribution in [1.29, 1.82) is 0 Å². The van der Waals surface area contributed by atoms with Gasteiger partial charge in [-0.05, 0) is 51.0 Å². The molecule has 1 aromatic rings. The second-order valence-electron chi connectivity index (χ2n) is 7.70. The summed E-state index contributed by atoms with van der Waals surface area (Å²) in [6.45, 7) is 6.97. The van der Waals surface area contributed by atoms with Gasteiger partial charge in [0, 0.05) is 38.3 Å². The van der Waals surface area contributed by atoms with E-state index in [9.17, 15) is 9.90 Å². The first-order chi connectivity index (χ1) is 13.6. The van der Waals surface area contributed by atoms with Crippen molar-refractivity contribution in [2.75, 3.05) is 32.8 Å². The molecule has 0 atom stereocenters. The van der Waals surface area contributed by atoms with Gasteiger partial charge in [0.15, 0.2) is 11.7 Å². The van der Waals surface area contributed by atoms with Crippen LogP contribution in [0.15, 0.2) is 21.7 Å². The van der Waals surface area contributed by atoms with Gasteiger partial charge in [-0.1, -0.05) is 19.3 Å². The number of aliphatic hydroxyl groups is 1. The number of guanidine groups is 1. The number of rotatable bonds is 10. The number of hydrogen-bond acceptors (Lipinski definition) is 4. The van der Waals surface area contributed by atoms with E-state index >= 15 is 0 Å². The third kappa shape index (κ3) is 6.86. The van der Waals surface area contributed by atoms with Gasteiger partial charge in [-0.3, -0.25) is 9.79 Å². The monoisotopic (exact) mass is 392 g/mol. The number of nitrogens with zero attached hydrogens (tertiary/aromatic N) is 1. The van der Waals surface area contributed by atoms with Gasteiger partial charge in [0.1, 0.15) is 0 Å². The summed E-state index contributed by atoms with van der Waals surface area (Å²) in [7, 11) is 0. The van der Waals surface area contributed by atoms with Crippen LogP contribution in [-0.4, -0.2) is 49.8 Å². The molecule has 0 radical (unpaired) electrons. The second kappa shape index (κ2) is 11.7. The third-order valence-corrected chi connectivity index (χ3v) is 5.47. The van der Waals surface area contributed by atoms with Crippen molar-refractivity contribution >= 4 is 11.9 Å². The molecule has 1 fully saturated rings. The van der Waals surface area contributed by atoms with Gasteiger partial charge in [0.2, 0.25) is 0 Å². The summed E-state index contributed by atoms with van der Waals surface area (Å²) in [4.78, 5) is 16.8. The summed E-state index contributed by atoms with van der Waals surface area (Å²) < 4.78 is 5.20. The minimum Gasteiger partial charge on any atom is -0.459 e. The van der Waals surface area contributed by atoms with Crippen LogP contribution in [0.3, 0.4) is 0 Å². The van der Waals surface area contributed by atoms with E-state index in [0.29, 0.717) is 12.3 Å². The van der Waals surface area contributed by atoms with Gasteiger partial charge in [-0.25, -0.2) is 0 Å². The number of aliphatic imine (C=N–C) groups is 1. The minimum atomic E-state index is -0.175. The van der Waals surface area contributed by atoms with E-state index < -0.39 is 0 Å². The highest BCUT2D eigenvalue weighted by molar-refractivity contribution is 5.92. The Morgan fingerprint density at radius 1 is 1.21 bits per heavy atom. The Labute approximate surface area is 168 Å². The molecule has 7 nitrogen and oxygen atoms in total. The van der Waals surface area contributed by atoms with Gasteiger partial charge in [0.25, 0.3) is 5.91 Å².